The smallest absolute Gasteiger partial charge is 0.302 e. The highest BCUT2D eigenvalue weighted by molar-refractivity contribution is 5.87. The van der Waals surface area contributed by atoms with Crippen LogP contribution in [-0.2, 0) is 20.1 Å². The second-order valence-electron chi connectivity index (χ2n) is 9.73. The van der Waals surface area contributed by atoms with Gasteiger partial charge >= 0.3 is 5.69 Å². The fourth-order valence-electron chi connectivity index (χ4n) is 5.41. The first-order valence-electron chi connectivity index (χ1n) is 12.5. The Morgan fingerprint density at radius 2 is 1.42 bits per heavy atom. The molecule has 10 nitrogen and oxygen atoms in total. The molecule has 0 aliphatic carbocycles. The van der Waals surface area contributed by atoms with Crippen molar-refractivity contribution in [1.82, 2.24) is 28.5 Å². The minimum atomic E-state index is -0.294. The number of fused-ring (bicyclic) bond motifs is 3. The minimum absolute atomic E-state index is 0.241. The number of rotatable bonds is 6. The molecule has 5 heterocycles. The number of hydrogen-bond donors (Lipinski definition) is 0. The van der Waals surface area contributed by atoms with Crippen molar-refractivity contribution in [2.24, 2.45) is 12.1 Å². The van der Waals surface area contributed by atoms with Crippen molar-refractivity contribution in [1.29, 1.82) is 0 Å². The third kappa shape index (κ3) is 4.38. The van der Waals surface area contributed by atoms with E-state index in [0.29, 0.717) is 30.2 Å². The molecule has 0 aromatic carbocycles. The molecule has 0 N–H and O–H groups in total. The summed E-state index contributed by atoms with van der Waals surface area (Å²) in [6.07, 6.45) is 7.45. The summed E-state index contributed by atoms with van der Waals surface area (Å²) in [6, 6.07) is 0. The van der Waals surface area contributed by atoms with Gasteiger partial charge in [-0.1, -0.05) is 12.8 Å². The Labute approximate surface area is 194 Å². The molecule has 0 atom stereocenters. The third-order valence-corrected chi connectivity index (χ3v) is 7.29. The van der Waals surface area contributed by atoms with Crippen LogP contribution >= 0.6 is 0 Å². The van der Waals surface area contributed by atoms with Crippen LogP contribution in [-0.4, -0.2) is 80.0 Å². The number of imidazole rings is 1. The average molecular weight is 457 g/mol. The van der Waals surface area contributed by atoms with Gasteiger partial charge in [-0.3, -0.25) is 18.5 Å². The second kappa shape index (κ2) is 9.42. The number of aromatic nitrogens is 4. The zero-order valence-corrected chi connectivity index (χ0v) is 20.0. The zero-order chi connectivity index (χ0) is 22.9. The lowest BCUT2D eigenvalue weighted by molar-refractivity contribution is 0.218. The van der Waals surface area contributed by atoms with Crippen LogP contribution in [0.25, 0.3) is 11.2 Å². The molecule has 2 fully saturated rings. The summed E-state index contributed by atoms with van der Waals surface area (Å²) >= 11 is 0. The Balaban J connectivity index is 1.46. The van der Waals surface area contributed by atoms with Gasteiger partial charge in [0, 0.05) is 26.7 Å². The molecule has 2 aromatic rings. The van der Waals surface area contributed by atoms with Crippen molar-refractivity contribution in [2.75, 3.05) is 50.8 Å². The zero-order valence-electron chi connectivity index (χ0n) is 20.0. The Bertz CT molecular complexity index is 1150. The van der Waals surface area contributed by atoms with Gasteiger partial charge in [0.1, 0.15) is 0 Å². The molecule has 0 bridgehead atoms. The molecule has 0 saturated carbocycles. The average Bonchev–Trinajstić information content (AvgIpc) is 3.22. The van der Waals surface area contributed by atoms with Gasteiger partial charge in [-0.05, 0) is 58.8 Å². The Kier molecular flexibility index (Phi) is 6.38. The number of aryl methyl sites for hydroxylation is 1. The van der Waals surface area contributed by atoms with Gasteiger partial charge in [-0.15, -0.1) is 0 Å². The number of piperidine rings is 2. The van der Waals surface area contributed by atoms with Crippen molar-refractivity contribution in [2.45, 2.75) is 58.5 Å². The maximum absolute atomic E-state index is 13.5. The van der Waals surface area contributed by atoms with E-state index in [2.05, 4.69) is 9.80 Å². The third-order valence-electron chi connectivity index (χ3n) is 7.29. The maximum Gasteiger partial charge on any atom is 0.332 e. The summed E-state index contributed by atoms with van der Waals surface area (Å²) in [5.74, 6) is 0.661. The fraction of sp³-hybridized carbons (Fsp3) is 0.739. The lowest BCUT2D eigenvalue weighted by Crippen LogP contribution is -2.43. The van der Waals surface area contributed by atoms with Gasteiger partial charge in [-0.25, -0.2) is 9.80 Å². The molecule has 5 rings (SSSR count). The normalized spacial score (nSPS) is 20.3. The molecule has 33 heavy (non-hydrogen) atoms. The van der Waals surface area contributed by atoms with E-state index in [9.17, 15) is 9.59 Å². The number of hydrogen-bond acceptors (Lipinski definition) is 7. The molecule has 0 unspecified atom stereocenters. The number of hydrazone groups is 1. The van der Waals surface area contributed by atoms with Gasteiger partial charge in [-0.2, -0.15) is 10.1 Å². The predicted octanol–water partition coefficient (Wildman–Crippen LogP) is 1.06. The first-order chi connectivity index (χ1) is 16.0. The van der Waals surface area contributed by atoms with Crippen molar-refractivity contribution < 1.29 is 0 Å². The van der Waals surface area contributed by atoms with Crippen LogP contribution in [0.15, 0.2) is 14.7 Å². The van der Waals surface area contributed by atoms with Crippen LogP contribution < -0.4 is 16.3 Å². The highest BCUT2D eigenvalue weighted by Crippen LogP contribution is 2.23. The lowest BCUT2D eigenvalue weighted by Gasteiger charge is -2.30. The van der Waals surface area contributed by atoms with Gasteiger partial charge < -0.3 is 9.80 Å². The molecule has 0 radical (unpaired) electrons. The largest absolute Gasteiger partial charge is 0.332 e. The quantitative estimate of drug-likeness (QED) is 0.647. The Morgan fingerprint density at radius 3 is 2.06 bits per heavy atom. The van der Waals surface area contributed by atoms with E-state index in [1.165, 1.54) is 47.7 Å². The van der Waals surface area contributed by atoms with E-state index in [1.54, 1.807) is 7.05 Å². The van der Waals surface area contributed by atoms with E-state index in [1.807, 2.05) is 16.5 Å². The van der Waals surface area contributed by atoms with Crippen molar-refractivity contribution in [3.63, 3.8) is 0 Å². The summed E-state index contributed by atoms with van der Waals surface area (Å²) < 4.78 is 4.87. The molecule has 3 aliphatic rings. The standard InChI is InChI=1S/C23H36N8O2/c1-18-17-30-19-20(24-22(30)31(25-18)16-14-28-11-7-4-8-12-28)26(2)23(33)29(21(19)32)15-13-27-9-5-3-6-10-27/h3-17H2,1-2H3. The van der Waals surface area contributed by atoms with Crippen molar-refractivity contribution in [3.05, 3.63) is 20.8 Å². The van der Waals surface area contributed by atoms with E-state index in [4.69, 9.17) is 10.1 Å². The van der Waals surface area contributed by atoms with Crippen LogP contribution in [0.1, 0.15) is 45.4 Å². The summed E-state index contributed by atoms with van der Waals surface area (Å²) in [4.78, 5) is 36.2. The second-order valence-corrected chi connectivity index (χ2v) is 9.73. The van der Waals surface area contributed by atoms with Gasteiger partial charge in [0.2, 0.25) is 5.95 Å². The molecule has 3 aliphatic heterocycles. The summed E-state index contributed by atoms with van der Waals surface area (Å²) in [5, 5.41) is 6.65. The SMILES string of the molecule is CC1=NN(CCN2CCCCC2)c2nc3c(c(=O)n(CCN4CCCCC4)c(=O)n3C)n2C1. The van der Waals surface area contributed by atoms with Crippen LogP contribution in [0.5, 0.6) is 0 Å². The van der Waals surface area contributed by atoms with E-state index >= 15 is 0 Å². The minimum Gasteiger partial charge on any atom is -0.302 e. The van der Waals surface area contributed by atoms with Gasteiger partial charge in [0.15, 0.2) is 11.2 Å². The monoisotopic (exact) mass is 456 g/mol. The molecule has 0 amide bonds. The number of nitrogens with zero attached hydrogens (tertiary/aromatic N) is 8. The fourth-order valence-corrected chi connectivity index (χ4v) is 5.41. The molecule has 2 aromatic heterocycles. The topological polar surface area (TPSA) is 83.9 Å². The van der Waals surface area contributed by atoms with Crippen molar-refractivity contribution >= 4 is 22.8 Å². The van der Waals surface area contributed by atoms with E-state index in [0.717, 1.165) is 51.5 Å². The van der Waals surface area contributed by atoms with Crippen LogP contribution in [0, 0.1) is 0 Å². The van der Waals surface area contributed by atoms with Crippen molar-refractivity contribution in [3.8, 4) is 0 Å². The first-order valence-corrected chi connectivity index (χ1v) is 12.5. The maximum atomic E-state index is 13.5. The molecule has 10 heteroatoms. The Morgan fingerprint density at radius 1 is 0.818 bits per heavy atom. The highest BCUT2D eigenvalue weighted by Gasteiger charge is 2.27. The first kappa shape index (κ1) is 22.3. The van der Waals surface area contributed by atoms with E-state index < -0.39 is 0 Å². The highest BCUT2D eigenvalue weighted by atomic mass is 16.2. The predicted molar refractivity (Wildman–Crippen MR) is 130 cm³/mol. The summed E-state index contributed by atoms with van der Waals surface area (Å²) in [6.45, 7) is 9.62. The van der Waals surface area contributed by atoms with Gasteiger partial charge in [0.05, 0.1) is 18.8 Å². The van der Waals surface area contributed by atoms with Crippen LogP contribution in [0.3, 0.4) is 0 Å². The number of likely N-dealkylation sites (tertiary alicyclic amines) is 2. The van der Waals surface area contributed by atoms with Crippen LogP contribution in [0.2, 0.25) is 0 Å². The summed E-state index contributed by atoms with van der Waals surface area (Å²) in [7, 11) is 1.71. The van der Waals surface area contributed by atoms with Gasteiger partial charge in [0.25, 0.3) is 5.56 Å². The molecule has 180 valence electrons. The lowest BCUT2D eigenvalue weighted by atomic mass is 10.1. The molecular formula is C23H36N8O2. The molecule has 0 spiro atoms. The molecule has 2 saturated heterocycles. The number of anilines is 1. The van der Waals surface area contributed by atoms with E-state index in [-0.39, 0.29) is 11.2 Å². The summed E-state index contributed by atoms with van der Waals surface area (Å²) in [5.41, 5.74) is 1.35. The van der Waals surface area contributed by atoms with Crippen LogP contribution in [0.4, 0.5) is 5.95 Å². The Hall–Kier alpha value is -2.46. The molecular weight excluding hydrogens is 420 g/mol.